The van der Waals surface area contributed by atoms with Crippen molar-refractivity contribution in [1.29, 1.82) is 0 Å². The summed E-state index contributed by atoms with van der Waals surface area (Å²) >= 11 is 0. The summed E-state index contributed by atoms with van der Waals surface area (Å²) in [6.45, 7) is 12.2. The molecule has 0 bridgehead atoms. The Balaban J connectivity index is 1.95. The minimum atomic E-state index is 0.400. The SMILES string of the molecule is Cc1cccc(CNC2C(C)(C)C2(C)C)n1. The maximum absolute atomic E-state index is 4.51. The van der Waals surface area contributed by atoms with Crippen LogP contribution < -0.4 is 5.32 Å². The normalized spacial score (nSPS) is 22.1. The molecule has 1 heterocycles. The van der Waals surface area contributed by atoms with Crippen LogP contribution in [0.5, 0.6) is 0 Å². The molecule has 0 spiro atoms. The van der Waals surface area contributed by atoms with Gasteiger partial charge in [-0.1, -0.05) is 33.8 Å². The average Bonchev–Trinajstić information content (AvgIpc) is 2.55. The molecule has 0 aliphatic heterocycles. The van der Waals surface area contributed by atoms with Gasteiger partial charge >= 0.3 is 0 Å². The van der Waals surface area contributed by atoms with Gasteiger partial charge in [-0.3, -0.25) is 4.98 Å². The van der Waals surface area contributed by atoms with Crippen molar-refractivity contribution in [3.05, 3.63) is 29.6 Å². The summed E-state index contributed by atoms with van der Waals surface area (Å²) in [5, 5.41) is 3.62. The quantitative estimate of drug-likeness (QED) is 0.843. The lowest BCUT2D eigenvalue weighted by Gasteiger charge is -2.06. The van der Waals surface area contributed by atoms with Crippen LogP contribution in [0.15, 0.2) is 18.2 Å². The largest absolute Gasteiger partial charge is 0.307 e. The van der Waals surface area contributed by atoms with Crippen molar-refractivity contribution in [3.63, 3.8) is 0 Å². The number of aromatic nitrogens is 1. The highest BCUT2D eigenvalue weighted by Gasteiger charge is 2.64. The molecule has 1 N–H and O–H groups in total. The molecule has 2 rings (SSSR count). The van der Waals surface area contributed by atoms with E-state index in [9.17, 15) is 0 Å². The van der Waals surface area contributed by atoms with Gasteiger partial charge in [0, 0.05) is 18.3 Å². The number of aryl methyl sites for hydroxylation is 1. The molecule has 2 nitrogen and oxygen atoms in total. The summed E-state index contributed by atoms with van der Waals surface area (Å²) in [7, 11) is 0. The standard InChI is InChI=1S/C14H22N2/c1-10-7-6-8-11(16-10)9-15-12-13(2,3)14(12,4)5/h6-8,12,15H,9H2,1-5H3. The first-order chi connectivity index (χ1) is 7.35. The van der Waals surface area contributed by atoms with E-state index in [0.29, 0.717) is 16.9 Å². The van der Waals surface area contributed by atoms with E-state index < -0.39 is 0 Å². The lowest BCUT2D eigenvalue weighted by atomic mass is 10.0. The van der Waals surface area contributed by atoms with Crippen LogP contribution in [0.3, 0.4) is 0 Å². The molecule has 0 radical (unpaired) electrons. The van der Waals surface area contributed by atoms with E-state index in [4.69, 9.17) is 0 Å². The second kappa shape index (κ2) is 3.56. The highest BCUT2D eigenvalue weighted by Crippen LogP contribution is 2.62. The van der Waals surface area contributed by atoms with E-state index in [1.807, 2.05) is 13.0 Å². The first kappa shape index (κ1) is 11.6. The van der Waals surface area contributed by atoms with E-state index in [-0.39, 0.29) is 0 Å². The third-order valence-corrected chi connectivity index (χ3v) is 4.45. The summed E-state index contributed by atoms with van der Waals surface area (Å²) in [6.07, 6.45) is 0. The van der Waals surface area contributed by atoms with Crippen LogP contribution in [0, 0.1) is 17.8 Å². The average molecular weight is 218 g/mol. The number of rotatable bonds is 3. The molecule has 1 aromatic rings. The summed E-state index contributed by atoms with van der Waals surface area (Å²) in [6, 6.07) is 6.79. The lowest BCUT2D eigenvalue weighted by molar-refractivity contribution is 0.457. The van der Waals surface area contributed by atoms with Gasteiger partial charge in [0.15, 0.2) is 0 Å². The van der Waals surface area contributed by atoms with Gasteiger partial charge in [0.2, 0.25) is 0 Å². The Hall–Kier alpha value is -0.890. The van der Waals surface area contributed by atoms with Crippen LogP contribution >= 0.6 is 0 Å². The smallest absolute Gasteiger partial charge is 0.0544 e. The Kier molecular flexibility index (Phi) is 2.58. The number of hydrogen-bond donors (Lipinski definition) is 1. The Labute approximate surface area is 98.5 Å². The highest BCUT2D eigenvalue weighted by atomic mass is 15.0. The Morgan fingerprint density at radius 1 is 1.19 bits per heavy atom. The molecule has 1 saturated carbocycles. The fourth-order valence-corrected chi connectivity index (χ4v) is 2.61. The van der Waals surface area contributed by atoms with Crippen LogP contribution in [-0.2, 0) is 6.54 Å². The number of pyridine rings is 1. The molecular formula is C14H22N2. The first-order valence-corrected chi connectivity index (χ1v) is 6.01. The first-order valence-electron chi connectivity index (χ1n) is 6.01. The maximum atomic E-state index is 4.51. The van der Waals surface area contributed by atoms with E-state index in [1.165, 1.54) is 0 Å². The van der Waals surface area contributed by atoms with Crippen molar-refractivity contribution in [2.45, 2.75) is 47.2 Å². The third-order valence-electron chi connectivity index (χ3n) is 4.45. The van der Waals surface area contributed by atoms with Crippen molar-refractivity contribution >= 4 is 0 Å². The van der Waals surface area contributed by atoms with Crippen molar-refractivity contribution in [2.24, 2.45) is 10.8 Å². The van der Waals surface area contributed by atoms with Gasteiger partial charge in [-0.25, -0.2) is 0 Å². The molecular weight excluding hydrogens is 196 g/mol. The van der Waals surface area contributed by atoms with Crippen LogP contribution in [0.4, 0.5) is 0 Å². The Morgan fingerprint density at radius 2 is 1.81 bits per heavy atom. The van der Waals surface area contributed by atoms with E-state index in [0.717, 1.165) is 17.9 Å². The highest BCUT2D eigenvalue weighted by molar-refractivity contribution is 5.19. The Morgan fingerprint density at radius 3 is 2.31 bits per heavy atom. The van der Waals surface area contributed by atoms with Crippen LogP contribution in [0.1, 0.15) is 39.1 Å². The molecule has 0 aromatic carbocycles. The zero-order valence-electron chi connectivity index (χ0n) is 11.0. The van der Waals surface area contributed by atoms with Gasteiger partial charge in [-0.15, -0.1) is 0 Å². The summed E-state index contributed by atoms with van der Waals surface area (Å²) in [5.74, 6) is 0. The molecule has 1 aliphatic rings. The van der Waals surface area contributed by atoms with Gasteiger partial charge in [0.25, 0.3) is 0 Å². The van der Waals surface area contributed by atoms with E-state index in [1.54, 1.807) is 0 Å². The van der Waals surface area contributed by atoms with Gasteiger partial charge in [0.1, 0.15) is 0 Å². The zero-order chi connectivity index (χ0) is 12.0. The van der Waals surface area contributed by atoms with E-state index in [2.05, 4.69) is 50.1 Å². The predicted molar refractivity (Wildman–Crippen MR) is 67.2 cm³/mol. The second-order valence-corrected chi connectivity index (χ2v) is 6.03. The molecule has 1 aliphatic carbocycles. The van der Waals surface area contributed by atoms with Crippen LogP contribution in [0.25, 0.3) is 0 Å². The molecule has 0 atom stereocenters. The topological polar surface area (TPSA) is 24.9 Å². The maximum Gasteiger partial charge on any atom is 0.0544 e. The van der Waals surface area contributed by atoms with Crippen molar-refractivity contribution in [3.8, 4) is 0 Å². The summed E-state index contributed by atoms with van der Waals surface area (Å²) < 4.78 is 0. The molecule has 16 heavy (non-hydrogen) atoms. The van der Waals surface area contributed by atoms with Crippen molar-refractivity contribution in [2.75, 3.05) is 0 Å². The van der Waals surface area contributed by atoms with Gasteiger partial charge in [-0.05, 0) is 29.9 Å². The molecule has 0 amide bonds. The fraction of sp³-hybridized carbons (Fsp3) is 0.643. The van der Waals surface area contributed by atoms with Gasteiger partial charge in [-0.2, -0.15) is 0 Å². The minimum absolute atomic E-state index is 0.400. The van der Waals surface area contributed by atoms with E-state index >= 15 is 0 Å². The third kappa shape index (κ3) is 1.75. The minimum Gasteiger partial charge on any atom is -0.307 e. The summed E-state index contributed by atoms with van der Waals surface area (Å²) in [5.41, 5.74) is 3.03. The second-order valence-electron chi connectivity index (χ2n) is 6.03. The van der Waals surface area contributed by atoms with Crippen molar-refractivity contribution < 1.29 is 0 Å². The van der Waals surface area contributed by atoms with Crippen LogP contribution in [0.2, 0.25) is 0 Å². The lowest BCUT2D eigenvalue weighted by Crippen LogP contribution is -2.22. The number of nitrogens with one attached hydrogen (secondary N) is 1. The number of nitrogens with zero attached hydrogens (tertiary/aromatic N) is 1. The molecule has 88 valence electrons. The number of hydrogen-bond acceptors (Lipinski definition) is 2. The fourth-order valence-electron chi connectivity index (χ4n) is 2.61. The monoisotopic (exact) mass is 218 g/mol. The van der Waals surface area contributed by atoms with Gasteiger partial charge in [0.05, 0.1) is 5.69 Å². The zero-order valence-corrected chi connectivity index (χ0v) is 11.0. The van der Waals surface area contributed by atoms with Crippen LogP contribution in [-0.4, -0.2) is 11.0 Å². The van der Waals surface area contributed by atoms with Crippen molar-refractivity contribution in [1.82, 2.24) is 10.3 Å². The Bertz CT molecular complexity index is 379. The molecule has 2 heteroatoms. The molecule has 0 unspecified atom stereocenters. The predicted octanol–water partition coefficient (Wildman–Crippen LogP) is 2.91. The molecule has 1 aromatic heterocycles. The summed E-state index contributed by atoms with van der Waals surface area (Å²) in [4.78, 5) is 4.51. The molecule has 0 saturated heterocycles. The molecule has 1 fully saturated rings. The van der Waals surface area contributed by atoms with Gasteiger partial charge < -0.3 is 5.32 Å².